The number of benzene rings is 1. The lowest BCUT2D eigenvalue weighted by Gasteiger charge is -2.13. The van der Waals surface area contributed by atoms with Crippen molar-refractivity contribution in [1.82, 2.24) is 14.5 Å². The fraction of sp³-hybridized carbons (Fsp3) is 0.235. The van der Waals surface area contributed by atoms with Gasteiger partial charge in [0.2, 0.25) is 0 Å². The molecule has 0 unspecified atom stereocenters. The maximum absolute atomic E-state index is 12.7. The van der Waals surface area contributed by atoms with E-state index in [4.69, 9.17) is 0 Å². The molecule has 0 bridgehead atoms. The molecule has 0 amide bonds. The lowest BCUT2D eigenvalue weighted by atomic mass is 10.2. The summed E-state index contributed by atoms with van der Waals surface area (Å²) in [5, 5.41) is 0.577. The molecule has 0 saturated heterocycles. The molecule has 4 nitrogen and oxygen atoms in total. The fourth-order valence-corrected chi connectivity index (χ4v) is 2.45. The van der Waals surface area contributed by atoms with Gasteiger partial charge in [-0.3, -0.25) is 14.3 Å². The summed E-state index contributed by atoms with van der Waals surface area (Å²) in [6.45, 7) is 2.64. The zero-order valence-electron chi connectivity index (χ0n) is 12.0. The maximum atomic E-state index is 12.7. The van der Waals surface area contributed by atoms with Gasteiger partial charge in [-0.2, -0.15) is 0 Å². The van der Waals surface area contributed by atoms with Crippen molar-refractivity contribution in [3.05, 3.63) is 70.5 Å². The molecule has 0 aliphatic carbocycles. The predicted octanol–water partition coefficient (Wildman–Crippen LogP) is 2.79. The molecule has 21 heavy (non-hydrogen) atoms. The molecular weight excluding hydrogens is 262 g/mol. The molecule has 106 valence electrons. The van der Waals surface area contributed by atoms with Crippen molar-refractivity contribution in [3.8, 4) is 0 Å². The largest absolute Gasteiger partial charge is 0.292 e. The molecule has 0 aliphatic heterocycles. The SMILES string of the molecule is CCCc1nc2ccncc2c(=O)n1Cc1ccccc1. The van der Waals surface area contributed by atoms with Gasteiger partial charge in [-0.15, -0.1) is 0 Å². The maximum Gasteiger partial charge on any atom is 0.263 e. The highest BCUT2D eigenvalue weighted by molar-refractivity contribution is 5.76. The third kappa shape index (κ3) is 2.70. The van der Waals surface area contributed by atoms with Crippen LogP contribution in [-0.4, -0.2) is 14.5 Å². The molecule has 0 atom stereocenters. The van der Waals surface area contributed by atoms with E-state index in [9.17, 15) is 4.79 Å². The van der Waals surface area contributed by atoms with Gasteiger partial charge in [0.15, 0.2) is 0 Å². The first-order valence-electron chi connectivity index (χ1n) is 7.17. The Morgan fingerprint density at radius 1 is 1.14 bits per heavy atom. The van der Waals surface area contributed by atoms with Crippen molar-refractivity contribution < 1.29 is 0 Å². The highest BCUT2D eigenvalue weighted by Gasteiger charge is 2.10. The molecule has 0 aliphatic rings. The van der Waals surface area contributed by atoms with Crippen LogP contribution in [-0.2, 0) is 13.0 Å². The van der Waals surface area contributed by atoms with Gasteiger partial charge in [0.25, 0.3) is 5.56 Å². The number of hydrogen-bond acceptors (Lipinski definition) is 3. The van der Waals surface area contributed by atoms with Gasteiger partial charge in [0.1, 0.15) is 5.82 Å². The minimum Gasteiger partial charge on any atom is -0.292 e. The van der Waals surface area contributed by atoms with Crippen LogP contribution in [0.5, 0.6) is 0 Å². The van der Waals surface area contributed by atoms with Crippen LogP contribution in [0.25, 0.3) is 10.9 Å². The predicted molar refractivity (Wildman–Crippen MR) is 83.3 cm³/mol. The molecule has 0 N–H and O–H groups in total. The molecule has 1 aromatic carbocycles. The summed E-state index contributed by atoms with van der Waals surface area (Å²) in [5.74, 6) is 0.838. The third-order valence-electron chi connectivity index (χ3n) is 3.49. The van der Waals surface area contributed by atoms with Gasteiger partial charge in [-0.25, -0.2) is 4.98 Å². The summed E-state index contributed by atoms with van der Waals surface area (Å²) in [6, 6.07) is 11.8. The van der Waals surface area contributed by atoms with Crippen molar-refractivity contribution in [1.29, 1.82) is 0 Å². The average molecular weight is 279 g/mol. The number of aromatic nitrogens is 3. The summed E-state index contributed by atoms with van der Waals surface area (Å²) >= 11 is 0. The number of aryl methyl sites for hydroxylation is 1. The Balaban J connectivity index is 2.17. The summed E-state index contributed by atoms with van der Waals surface area (Å²) in [5.41, 5.74) is 1.81. The highest BCUT2D eigenvalue weighted by Crippen LogP contribution is 2.10. The number of hydrogen-bond donors (Lipinski definition) is 0. The second-order valence-corrected chi connectivity index (χ2v) is 5.05. The first-order valence-corrected chi connectivity index (χ1v) is 7.17. The highest BCUT2D eigenvalue weighted by atomic mass is 16.1. The first-order chi connectivity index (χ1) is 10.3. The molecular formula is C17H17N3O. The van der Waals surface area contributed by atoms with Crippen LogP contribution in [0, 0.1) is 0 Å². The van der Waals surface area contributed by atoms with Crippen LogP contribution < -0.4 is 5.56 Å². The molecule has 3 rings (SSSR count). The zero-order chi connectivity index (χ0) is 14.7. The molecule has 4 heteroatoms. The van der Waals surface area contributed by atoms with E-state index in [1.807, 2.05) is 30.3 Å². The third-order valence-corrected chi connectivity index (χ3v) is 3.49. The normalized spacial score (nSPS) is 10.9. The smallest absolute Gasteiger partial charge is 0.263 e. The number of nitrogens with zero attached hydrogens (tertiary/aromatic N) is 3. The van der Waals surface area contributed by atoms with Gasteiger partial charge >= 0.3 is 0 Å². The van der Waals surface area contributed by atoms with Crippen molar-refractivity contribution in [3.63, 3.8) is 0 Å². The Kier molecular flexibility index (Phi) is 3.77. The van der Waals surface area contributed by atoms with E-state index >= 15 is 0 Å². The minimum absolute atomic E-state index is 0.0135. The van der Waals surface area contributed by atoms with Crippen LogP contribution in [0.4, 0.5) is 0 Å². The van der Waals surface area contributed by atoms with E-state index < -0.39 is 0 Å². The van der Waals surface area contributed by atoms with Crippen LogP contribution >= 0.6 is 0 Å². The van der Waals surface area contributed by atoms with Gasteiger partial charge in [-0.1, -0.05) is 37.3 Å². The quantitative estimate of drug-likeness (QED) is 0.738. The van der Waals surface area contributed by atoms with E-state index in [0.717, 1.165) is 29.7 Å². The second kappa shape index (κ2) is 5.87. The Hall–Kier alpha value is -2.49. The molecule has 0 fully saturated rings. The zero-order valence-corrected chi connectivity index (χ0v) is 12.0. The Morgan fingerprint density at radius 3 is 2.71 bits per heavy atom. The van der Waals surface area contributed by atoms with Crippen molar-refractivity contribution in [2.75, 3.05) is 0 Å². The fourth-order valence-electron chi connectivity index (χ4n) is 2.45. The van der Waals surface area contributed by atoms with Crippen molar-refractivity contribution in [2.45, 2.75) is 26.3 Å². The van der Waals surface area contributed by atoms with Crippen LogP contribution in [0.15, 0.2) is 53.6 Å². The Labute approximate surface area is 123 Å². The molecule has 0 saturated carbocycles. The first kappa shape index (κ1) is 13.5. The lowest BCUT2D eigenvalue weighted by molar-refractivity contribution is 0.665. The minimum atomic E-state index is -0.0135. The van der Waals surface area contributed by atoms with Crippen LogP contribution in [0.2, 0.25) is 0 Å². The number of rotatable bonds is 4. The van der Waals surface area contributed by atoms with Gasteiger partial charge in [0.05, 0.1) is 17.4 Å². The monoisotopic (exact) mass is 279 g/mol. The lowest BCUT2D eigenvalue weighted by Crippen LogP contribution is -2.26. The van der Waals surface area contributed by atoms with E-state index in [1.54, 1.807) is 23.0 Å². The topological polar surface area (TPSA) is 47.8 Å². The Bertz CT molecular complexity index is 809. The summed E-state index contributed by atoms with van der Waals surface area (Å²) in [7, 11) is 0. The Morgan fingerprint density at radius 2 is 1.95 bits per heavy atom. The van der Waals surface area contributed by atoms with Crippen LogP contribution in [0.3, 0.4) is 0 Å². The summed E-state index contributed by atoms with van der Waals surface area (Å²) in [6.07, 6.45) is 5.02. The van der Waals surface area contributed by atoms with Gasteiger partial charge in [0, 0.05) is 18.8 Å². The number of fused-ring (bicyclic) bond motifs is 1. The summed E-state index contributed by atoms with van der Waals surface area (Å²) in [4.78, 5) is 21.4. The van der Waals surface area contributed by atoms with Gasteiger partial charge < -0.3 is 0 Å². The molecule has 2 aromatic heterocycles. The molecule has 0 radical (unpaired) electrons. The summed E-state index contributed by atoms with van der Waals surface area (Å²) < 4.78 is 1.77. The molecule has 0 spiro atoms. The van der Waals surface area contributed by atoms with E-state index in [2.05, 4.69) is 16.9 Å². The standard InChI is InChI=1S/C17H17N3O/c1-2-6-16-19-15-9-10-18-11-14(15)17(21)20(16)12-13-7-4-3-5-8-13/h3-5,7-11H,2,6,12H2,1H3. The van der Waals surface area contributed by atoms with Gasteiger partial charge in [-0.05, 0) is 18.1 Å². The van der Waals surface area contributed by atoms with Crippen LogP contribution in [0.1, 0.15) is 24.7 Å². The van der Waals surface area contributed by atoms with E-state index in [-0.39, 0.29) is 5.56 Å². The molecule has 2 heterocycles. The van der Waals surface area contributed by atoms with Crippen molar-refractivity contribution in [2.24, 2.45) is 0 Å². The number of pyridine rings is 1. The second-order valence-electron chi connectivity index (χ2n) is 5.05. The molecule has 3 aromatic rings. The van der Waals surface area contributed by atoms with E-state index in [1.165, 1.54) is 0 Å². The van der Waals surface area contributed by atoms with Crippen molar-refractivity contribution >= 4 is 10.9 Å². The van der Waals surface area contributed by atoms with E-state index in [0.29, 0.717) is 11.9 Å². The average Bonchev–Trinajstić information content (AvgIpc) is 2.52.